The Morgan fingerprint density at radius 2 is 1.91 bits per heavy atom. The highest BCUT2D eigenvalue weighted by molar-refractivity contribution is 5.72. The van der Waals surface area contributed by atoms with E-state index in [2.05, 4.69) is 16.6 Å². The molecule has 1 aromatic rings. The first kappa shape index (κ1) is 17.5. The van der Waals surface area contributed by atoms with Crippen molar-refractivity contribution in [2.24, 2.45) is 0 Å². The number of nitrogens with one attached hydrogen (secondary N) is 1. The Morgan fingerprint density at radius 1 is 1.32 bits per heavy atom. The number of carboxylic acids is 1. The van der Waals surface area contributed by atoms with E-state index in [-0.39, 0.29) is 12.2 Å². The van der Waals surface area contributed by atoms with Gasteiger partial charge in [-0.25, -0.2) is 4.79 Å². The van der Waals surface area contributed by atoms with Crippen LogP contribution in [0.3, 0.4) is 0 Å². The topological polar surface area (TPSA) is 75.6 Å². The van der Waals surface area contributed by atoms with Crippen molar-refractivity contribution in [1.29, 1.82) is 0 Å². The molecule has 1 unspecified atom stereocenters. The molecule has 0 fully saturated rings. The van der Waals surface area contributed by atoms with Gasteiger partial charge in [0.25, 0.3) is 0 Å². The number of rotatable bonds is 6. The maximum atomic E-state index is 12.5. The van der Waals surface area contributed by atoms with Crippen molar-refractivity contribution < 1.29 is 32.6 Å². The Morgan fingerprint density at radius 3 is 2.36 bits per heavy atom. The second kappa shape index (κ2) is 7.48. The number of ether oxygens (including phenoxy) is 1. The Balaban J connectivity index is 2.89. The van der Waals surface area contributed by atoms with Gasteiger partial charge >= 0.3 is 18.2 Å². The SMILES string of the molecule is C=CCOC(=O)NC(CC(=O)O)c1ccc(C(F)(F)F)cc1. The molecule has 1 rings (SSSR count). The first-order valence-electron chi connectivity index (χ1n) is 6.17. The molecular weight excluding hydrogens is 303 g/mol. The Bertz CT molecular complexity index is 540. The van der Waals surface area contributed by atoms with Crippen LogP contribution in [0.1, 0.15) is 23.6 Å². The van der Waals surface area contributed by atoms with Gasteiger partial charge in [0.15, 0.2) is 0 Å². The molecule has 0 radical (unpaired) electrons. The van der Waals surface area contributed by atoms with Crippen LogP contribution in [0, 0.1) is 0 Å². The summed E-state index contributed by atoms with van der Waals surface area (Å²) in [5, 5.41) is 11.1. The zero-order valence-electron chi connectivity index (χ0n) is 11.4. The number of amides is 1. The summed E-state index contributed by atoms with van der Waals surface area (Å²) >= 11 is 0. The summed E-state index contributed by atoms with van der Waals surface area (Å²) in [6.45, 7) is 3.27. The number of carbonyl (C=O) groups excluding carboxylic acids is 1. The molecule has 0 saturated heterocycles. The van der Waals surface area contributed by atoms with Crippen molar-refractivity contribution in [2.75, 3.05) is 6.61 Å². The van der Waals surface area contributed by atoms with E-state index in [1.54, 1.807) is 0 Å². The molecule has 22 heavy (non-hydrogen) atoms. The molecule has 120 valence electrons. The van der Waals surface area contributed by atoms with Crippen LogP contribution in [-0.4, -0.2) is 23.8 Å². The first-order valence-corrected chi connectivity index (χ1v) is 6.17. The molecule has 1 atom stereocenters. The van der Waals surface area contributed by atoms with E-state index in [0.29, 0.717) is 0 Å². The lowest BCUT2D eigenvalue weighted by Gasteiger charge is -2.17. The normalized spacial score (nSPS) is 12.3. The van der Waals surface area contributed by atoms with Gasteiger partial charge in [-0.3, -0.25) is 4.79 Å². The fraction of sp³-hybridized carbons (Fsp3) is 0.286. The van der Waals surface area contributed by atoms with E-state index in [1.807, 2.05) is 0 Å². The van der Waals surface area contributed by atoms with Crippen LogP contribution in [0.25, 0.3) is 0 Å². The second-order valence-electron chi connectivity index (χ2n) is 4.30. The standard InChI is InChI=1S/C14H14F3NO4/c1-2-7-22-13(21)18-11(8-12(19)20)9-3-5-10(6-4-9)14(15,16)17/h2-6,11H,1,7-8H2,(H,18,21)(H,19,20). The molecule has 0 heterocycles. The van der Waals surface area contributed by atoms with Crippen molar-refractivity contribution in [3.8, 4) is 0 Å². The van der Waals surface area contributed by atoms with Crippen molar-refractivity contribution in [2.45, 2.75) is 18.6 Å². The van der Waals surface area contributed by atoms with Gasteiger partial charge in [0.05, 0.1) is 18.0 Å². The summed E-state index contributed by atoms with van der Waals surface area (Å²) in [6, 6.07) is 2.87. The fourth-order valence-electron chi connectivity index (χ4n) is 1.65. The van der Waals surface area contributed by atoms with E-state index < -0.39 is 36.3 Å². The lowest BCUT2D eigenvalue weighted by atomic mass is 10.0. The predicted octanol–water partition coefficient (Wildman–Crippen LogP) is 3.13. The quantitative estimate of drug-likeness (QED) is 0.790. The van der Waals surface area contributed by atoms with Gasteiger partial charge in [-0.1, -0.05) is 24.8 Å². The third-order valence-electron chi connectivity index (χ3n) is 2.64. The molecule has 5 nitrogen and oxygen atoms in total. The van der Waals surface area contributed by atoms with Crippen LogP contribution in [-0.2, 0) is 15.7 Å². The molecule has 0 aliphatic carbocycles. The maximum absolute atomic E-state index is 12.5. The minimum Gasteiger partial charge on any atom is -0.481 e. The highest BCUT2D eigenvalue weighted by Crippen LogP contribution is 2.30. The number of alkyl carbamates (subject to hydrolysis) is 1. The monoisotopic (exact) mass is 317 g/mol. The van der Waals surface area contributed by atoms with E-state index in [0.717, 1.165) is 24.3 Å². The highest BCUT2D eigenvalue weighted by atomic mass is 19.4. The number of hydrogen-bond acceptors (Lipinski definition) is 3. The fourth-order valence-corrected chi connectivity index (χ4v) is 1.65. The van der Waals surface area contributed by atoms with Gasteiger partial charge < -0.3 is 15.2 Å². The molecular formula is C14H14F3NO4. The Hall–Kier alpha value is -2.51. The van der Waals surface area contributed by atoms with E-state index >= 15 is 0 Å². The number of aliphatic carboxylic acids is 1. The lowest BCUT2D eigenvalue weighted by molar-refractivity contribution is -0.138. The average molecular weight is 317 g/mol. The van der Waals surface area contributed by atoms with Crippen LogP contribution < -0.4 is 5.32 Å². The zero-order valence-corrected chi connectivity index (χ0v) is 11.4. The number of halogens is 3. The number of hydrogen-bond donors (Lipinski definition) is 2. The van der Waals surface area contributed by atoms with Crippen LogP contribution in [0.5, 0.6) is 0 Å². The molecule has 0 bridgehead atoms. The third-order valence-corrected chi connectivity index (χ3v) is 2.64. The largest absolute Gasteiger partial charge is 0.481 e. The van der Waals surface area contributed by atoms with Crippen LogP contribution in [0.2, 0.25) is 0 Å². The van der Waals surface area contributed by atoms with Crippen molar-refractivity contribution in [3.63, 3.8) is 0 Å². The summed E-state index contributed by atoms with van der Waals surface area (Å²) < 4.78 is 42.1. The van der Waals surface area contributed by atoms with Gasteiger partial charge in [-0.15, -0.1) is 0 Å². The van der Waals surface area contributed by atoms with Gasteiger partial charge in [0.1, 0.15) is 6.61 Å². The van der Waals surface area contributed by atoms with Crippen molar-refractivity contribution >= 4 is 12.1 Å². The Kier molecular flexibility index (Phi) is 5.97. The molecule has 0 aromatic heterocycles. The summed E-state index contributed by atoms with van der Waals surface area (Å²) in [6.07, 6.45) is -4.54. The molecule has 2 N–H and O–H groups in total. The van der Waals surface area contributed by atoms with E-state index in [4.69, 9.17) is 5.11 Å². The van der Waals surface area contributed by atoms with Crippen molar-refractivity contribution in [1.82, 2.24) is 5.32 Å². The molecule has 1 amide bonds. The minimum absolute atomic E-state index is 0.0708. The van der Waals surface area contributed by atoms with Gasteiger partial charge in [-0.2, -0.15) is 13.2 Å². The van der Waals surface area contributed by atoms with Crippen molar-refractivity contribution in [3.05, 3.63) is 48.0 Å². The maximum Gasteiger partial charge on any atom is 0.416 e. The number of alkyl halides is 3. The highest BCUT2D eigenvalue weighted by Gasteiger charge is 2.30. The summed E-state index contributed by atoms with van der Waals surface area (Å²) in [7, 11) is 0. The summed E-state index contributed by atoms with van der Waals surface area (Å²) in [5.41, 5.74) is -0.634. The van der Waals surface area contributed by atoms with Gasteiger partial charge in [-0.05, 0) is 17.7 Å². The number of carboxylic acid groups (broad SMARTS) is 1. The molecule has 0 aliphatic heterocycles. The van der Waals surface area contributed by atoms with Crippen LogP contribution in [0.4, 0.5) is 18.0 Å². The molecule has 0 saturated carbocycles. The summed E-state index contributed by atoms with van der Waals surface area (Å²) in [4.78, 5) is 22.3. The smallest absolute Gasteiger partial charge is 0.416 e. The van der Waals surface area contributed by atoms with E-state index in [1.165, 1.54) is 6.08 Å². The van der Waals surface area contributed by atoms with Gasteiger partial charge in [0.2, 0.25) is 0 Å². The zero-order chi connectivity index (χ0) is 16.8. The molecule has 1 aromatic carbocycles. The molecule has 8 heteroatoms. The number of carbonyl (C=O) groups is 2. The van der Waals surface area contributed by atoms with Crippen LogP contribution >= 0.6 is 0 Å². The second-order valence-corrected chi connectivity index (χ2v) is 4.30. The third kappa shape index (κ3) is 5.47. The van der Waals surface area contributed by atoms with E-state index in [9.17, 15) is 22.8 Å². The molecule has 0 aliphatic rings. The number of benzene rings is 1. The predicted molar refractivity (Wildman–Crippen MR) is 71.1 cm³/mol. The lowest BCUT2D eigenvalue weighted by Crippen LogP contribution is -2.30. The van der Waals surface area contributed by atoms with Gasteiger partial charge in [0, 0.05) is 0 Å². The average Bonchev–Trinajstić information content (AvgIpc) is 2.43. The van der Waals surface area contributed by atoms with Crippen LogP contribution in [0.15, 0.2) is 36.9 Å². The minimum atomic E-state index is -4.49. The first-order chi connectivity index (χ1) is 10.2. The Labute approximate surface area is 124 Å². The summed E-state index contributed by atoms with van der Waals surface area (Å²) in [5.74, 6) is -1.21. The molecule has 0 spiro atoms.